The van der Waals surface area contributed by atoms with Crippen molar-refractivity contribution in [2.45, 2.75) is 72.1 Å². The fourth-order valence-electron chi connectivity index (χ4n) is 7.92. The van der Waals surface area contributed by atoms with E-state index in [0.29, 0.717) is 69.2 Å². The fraction of sp³-hybridized carbons (Fsp3) is 0.164. The molecule has 0 aliphatic heterocycles. The molecule has 0 saturated carbocycles. The number of nitrogens with two attached hydrogens (primary N) is 1. The van der Waals surface area contributed by atoms with E-state index in [9.17, 15) is 9.59 Å². The minimum absolute atomic E-state index is 0.0547. The maximum absolute atomic E-state index is 12.8. The molecule has 78 heavy (non-hydrogen) atoms. The SMILES string of the molecule is NCc1ccc(OCc2ccccc2)c(OCc2ccccc2)c1.O=C(CCC(=O)NCc1ccc(OCc2ccccc2)c(OCc2ccccc2)c1)NCc1ccc(OCc2ccccc2)c(OCc2ccccc2)c1. The highest BCUT2D eigenvalue weighted by Crippen LogP contribution is 2.33. The molecule has 0 aromatic heterocycles. The Labute approximate surface area is 457 Å². The van der Waals surface area contributed by atoms with Crippen molar-refractivity contribution >= 4 is 11.8 Å². The zero-order valence-electron chi connectivity index (χ0n) is 43.6. The van der Waals surface area contributed by atoms with Crippen LogP contribution in [0.4, 0.5) is 0 Å². The molecule has 0 aliphatic carbocycles. The van der Waals surface area contributed by atoms with Gasteiger partial charge in [0.1, 0.15) is 39.6 Å². The van der Waals surface area contributed by atoms with Gasteiger partial charge in [-0.3, -0.25) is 9.59 Å². The zero-order chi connectivity index (χ0) is 53.8. The third-order valence-electron chi connectivity index (χ3n) is 12.2. The molecule has 0 fully saturated rings. The summed E-state index contributed by atoms with van der Waals surface area (Å²) in [6.07, 6.45) is 0.109. The van der Waals surface area contributed by atoms with Gasteiger partial charge < -0.3 is 44.8 Å². The van der Waals surface area contributed by atoms with Crippen LogP contribution >= 0.6 is 0 Å². The van der Waals surface area contributed by atoms with Crippen molar-refractivity contribution in [1.82, 2.24) is 10.6 Å². The van der Waals surface area contributed by atoms with Crippen LogP contribution in [-0.4, -0.2) is 11.8 Å². The number of hydrogen-bond acceptors (Lipinski definition) is 9. The van der Waals surface area contributed by atoms with Crippen LogP contribution in [0.15, 0.2) is 237 Å². The lowest BCUT2D eigenvalue weighted by Crippen LogP contribution is -2.27. The Morgan fingerprint density at radius 1 is 0.282 bits per heavy atom. The van der Waals surface area contributed by atoms with E-state index in [1.165, 1.54) is 0 Å². The Bertz CT molecular complexity index is 3050. The van der Waals surface area contributed by atoms with Crippen LogP contribution in [0.2, 0.25) is 0 Å². The van der Waals surface area contributed by atoms with Gasteiger partial charge in [0.05, 0.1) is 0 Å². The summed E-state index contributed by atoms with van der Waals surface area (Å²) in [6, 6.07) is 77.0. The van der Waals surface area contributed by atoms with E-state index in [2.05, 4.69) is 10.6 Å². The third kappa shape index (κ3) is 18.5. The van der Waals surface area contributed by atoms with Gasteiger partial charge in [0.25, 0.3) is 0 Å². The fourth-order valence-corrected chi connectivity index (χ4v) is 7.92. The Balaban J connectivity index is 0.000000278. The van der Waals surface area contributed by atoms with Crippen LogP contribution in [0.25, 0.3) is 0 Å². The zero-order valence-corrected chi connectivity index (χ0v) is 43.6. The first-order chi connectivity index (χ1) is 38.4. The summed E-state index contributed by atoms with van der Waals surface area (Å²) in [5, 5.41) is 5.85. The predicted octanol–water partition coefficient (Wildman–Crippen LogP) is 13.0. The van der Waals surface area contributed by atoms with E-state index in [1.54, 1.807) is 0 Å². The minimum atomic E-state index is -0.224. The number of nitrogens with one attached hydrogen (secondary N) is 2. The highest BCUT2D eigenvalue weighted by atomic mass is 16.5. The molecule has 4 N–H and O–H groups in total. The van der Waals surface area contributed by atoms with Crippen molar-refractivity contribution in [3.8, 4) is 34.5 Å². The van der Waals surface area contributed by atoms with Crippen molar-refractivity contribution in [1.29, 1.82) is 0 Å². The summed E-state index contributed by atoms with van der Waals surface area (Å²) in [6.45, 7) is 3.60. The summed E-state index contributed by atoms with van der Waals surface area (Å²) in [5.74, 6) is 3.41. The van der Waals surface area contributed by atoms with Gasteiger partial charge in [0, 0.05) is 32.5 Å². The molecule has 11 nitrogen and oxygen atoms in total. The minimum Gasteiger partial charge on any atom is -0.485 e. The summed E-state index contributed by atoms with van der Waals surface area (Å²) in [5.41, 5.74) is 14.9. The first-order valence-corrected chi connectivity index (χ1v) is 26.0. The Morgan fingerprint density at radius 3 is 0.769 bits per heavy atom. The molecule has 9 rings (SSSR count). The van der Waals surface area contributed by atoms with Gasteiger partial charge in [-0.1, -0.05) is 200 Å². The molecule has 396 valence electrons. The molecule has 0 aliphatic rings. The Kier molecular flexibility index (Phi) is 21.3. The molecular weight excluding hydrogens is 975 g/mol. The van der Waals surface area contributed by atoms with E-state index in [4.69, 9.17) is 34.2 Å². The molecule has 0 unspecified atom stereocenters. The average Bonchev–Trinajstić information content (AvgIpc) is 3.51. The molecular formula is C67H65N3O8. The van der Waals surface area contributed by atoms with Gasteiger partial charge in [0.15, 0.2) is 34.5 Å². The molecule has 0 heterocycles. The van der Waals surface area contributed by atoms with E-state index >= 15 is 0 Å². The van der Waals surface area contributed by atoms with E-state index in [1.807, 2.05) is 237 Å². The maximum Gasteiger partial charge on any atom is 0.220 e. The summed E-state index contributed by atoms with van der Waals surface area (Å²) in [4.78, 5) is 25.5. The molecule has 2 amide bonds. The van der Waals surface area contributed by atoms with E-state index in [-0.39, 0.29) is 37.7 Å². The quantitative estimate of drug-likeness (QED) is 0.0484. The summed E-state index contributed by atoms with van der Waals surface area (Å²) in [7, 11) is 0. The van der Waals surface area contributed by atoms with Crippen molar-refractivity contribution in [2.75, 3.05) is 0 Å². The highest BCUT2D eigenvalue weighted by Gasteiger charge is 2.14. The first-order valence-electron chi connectivity index (χ1n) is 26.0. The standard InChI is InChI=1S/C46H44N2O6.C21H21NO2/c49-45(47-29-39-21-23-41(51-31-35-13-5-1-6-14-35)43(27-39)53-33-37-17-9-3-10-18-37)25-26-46(50)48-30-40-22-24-42(52-32-36-15-7-2-8-16-36)44(28-40)54-34-38-19-11-4-12-20-38;22-14-19-11-12-20(23-15-17-7-3-1-4-8-17)21(13-19)24-16-18-9-5-2-6-10-18/h1-24,27-28H,25-26,29-34H2,(H,47,49)(H,48,50);1-13H,14-16,22H2. The molecule has 11 heteroatoms. The molecule has 0 atom stereocenters. The smallest absolute Gasteiger partial charge is 0.220 e. The second-order valence-corrected chi connectivity index (χ2v) is 18.2. The number of amides is 2. The third-order valence-corrected chi connectivity index (χ3v) is 12.2. The van der Waals surface area contributed by atoms with Gasteiger partial charge in [-0.05, 0) is 86.5 Å². The number of carbonyl (C=O) groups excluding carboxylic acids is 2. The Morgan fingerprint density at radius 2 is 0.513 bits per heavy atom. The lowest BCUT2D eigenvalue weighted by molar-refractivity contribution is -0.126. The van der Waals surface area contributed by atoms with Crippen LogP contribution in [0.5, 0.6) is 34.5 Å². The molecule has 0 spiro atoms. The lowest BCUT2D eigenvalue weighted by Gasteiger charge is -2.15. The monoisotopic (exact) mass is 1040 g/mol. The topological polar surface area (TPSA) is 140 Å². The van der Waals surface area contributed by atoms with Crippen LogP contribution in [-0.2, 0) is 68.9 Å². The van der Waals surface area contributed by atoms with Crippen molar-refractivity contribution in [3.05, 3.63) is 287 Å². The number of ether oxygens (including phenoxy) is 6. The van der Waals surface area contributed by atoms with Crippen molar-refractivity contribution in [2.24, 2.45) is 5.73 Å². The highest BCUT2D eigenvalue weighted by molar-refractivity contribution is 5.83. The molecule has 0 bridgehead atoms. The van der Waals surface area contributed by atoms with Gasteiger partial charge in [-0.15, -0.1) is 0 Å². The molecule has 9 aromatic carbocycles. The van der Waals surface area contributed by atoms with Gasteiger partial charge in [-0.2, -0.15) is 0 Å². The second-order valence-electron chi connectivity index (χ2n) is 18.2. The number of rotatable bonds is 26. The second kappa shape index (κ2) is 30.3. The van der Waals surface area contributed by atoms with Crippen LogP contribution < -0.4 is 44.8 Å². The van der Waals surface area contributed by atoms with Crippen LogP contribution in [0, 0.1) is 0 Å². The van der Waals surface area contributed by atoms with Crippen molar-refractivity contribution in [3.63, 3.8) is 0 Å². The number of benzene rings is 9. The molecule has 0 saturated heterocycles. The van der Waals surface area contributed by atoms with Gasteiger partial charge in [0.2, 0.25) is 11.8 Å². The lowest BCUT2D eigenvalue weighted by atomic mass is 10.1. The number of hydrogen-bond donors (Lipinski definition) is 3. The molecule has 9 aromatic rings. The first kappa shape index (κ1) is 54.9. The normalized spacial score (nSPS) is 10.5. The van der Waals surface area contributed by atoms with Crippen LogP contribution in [0.1, 0.15) is 62.9 Å². The van der Waals surface area contributed by atoms with Crippen LogP contribution in [0.3, 0.4) is 0 Å². The Hall–Kier alpha value is -9.32. The van der Waals surface area contributed by atoms with E-state index < -0.39 is 0 Å². The van der Waals surface area contributed by atoms with Crippen molar-refractivity contribution < 1.29 is 38.0 Å². The predicted molar refractivity (Wildman–Crippen MR) is 305 cm³/mol. The molecule has 0 radical (unpaired) electrons. The average molecular weight is 1040 g/mol. The van der Waals surface area contributed by atoms with E-state index in [0.717, 1.165) is 61.6 Å². The number of carbonyl (C=O) groups is 2. The summed E-state index contributed by atoms with van der Waals surface area (Å²) >= 11 is 0. The maximum atomic E-state index is 12.8. The summed E-state index contributed by atoms with van der Waals surface area (Å²) < 4.78 is 36.5. The van der Waals surface area contributed by atoms with Gasteiger partial charge in [-0.25, -0.2) is 0 Å². The largest absolute Gasteiger partial charge is 0.485 e. The van der Waals surface area contributed by atoms with Gasteiger partial charge >= 0.3 is 0 Å².